The van der Waals surface area contributed by atoms with E-state index in [1.807, 2.05) is 36.4 Å². The smallest absolute Gasteiger partial charge is 0.308 e. The Morgan fingerprint density at radius 3 is 2.58 bits per heavy atom. The molecule has 136 valence electrons. The van der Waals surface area contributed by atoms with E-state index in [4.69, 9.17) is 16.3 Å². The Morgan fingerprint density at radius 1 is 1.19 bits per heavy atom. The Balaban J connectivity index is 1.75. The highest BCUT2D eigenvalue weighted by Gasteiger charge is 2.40. The molecule has 0 aromatic heterocycles. The molecule has 1 amide bonds. The van der Waals surface area contributed by atoms with Crippen LogP contribution in [0.5, 0.6) is 5.75 Å². The summed E-state index contributed by atoms with van der Waals surface area (Å²) in [7, 11) is 1.58. The predicted octanol–water partition coefficient (Wildman–Crippen LogP) is 3.22. The van der Waals surface area contributed by atoms with Crippen LogP contribution in [0, 0.1) is 5.92 Å². The fraction of sp³-hybridized carbons (Fsp3) is 0.300. The number of halogens is 1. The molecule has 0 radical (unpaired) electrons. The monoisotopic (exact) mass is 373 g/mol. The van der Waals surface area contributed by atoms with Crippen molar-refractivity contribution in [3.63, 3.8) is 0 Å². The Kier molecular flexibility index (Phi) is 5.47. The average molecular weight is 374 g/mol. The van der Waals surface area contributed by atoms with Gasteiger partial charge in [0.2, 0.25) is 5.91 Å². The number of carbonyl (C=O) groups is 2. The largest absolute Gasteiger partial charge is 0.497 e. The maximum Gasteiger partial charge on any atom is 0.308 e. The molecule has 0 aliphatic carbocycles. The van der Waals surface area contributed by atoms with Crippen molar-refractivity contribution in [1.82, 2.24) is 4.90 Å². The van der Waals surface area contributed by atoms with Crippen LogP contribution in [0.25, 0.3) is 0 Å². The summed E-state index contributed by atoms with van der Waals surface area (Å²) in [5.74, 6) is -1.13. The molecule has 1 saturated heterocycles. The SMILES string of the molecule is COc1cccc(CC(=O)N2C[C@@H](C(=O)O)[C@H](c3ccc(Cl)cc3)C2)c1. The van der Waals surface area contributed by atoms with Gasteiger partial charge in [0.15, 0.2) is 0 Å². The topological polar surface area (TPSA) is 66.8 Å². The molecule has 5 nitrogen and oxygen atoms in total. The number of carboxylic acid groups (broad SMARTS) is 1. The second-order valence-electron chi connectivity index (χ2n) is 6.43. The van der Waals surface area contributed by atoms with Gasteiger partial charge in [-0.1, -0.05) is 35.9 Å². The number of hydrogen-bond donors (Lipinski definition) is 1. The summed E-state index contributed by atoms with van der Waals surface area (Å²) < 4.78 is 5.18. The molecule has 3 rings (SSSR count). The summed E-state index contributed by atoms with van der Waals surface area (Å²) in [5, 5.41) is 10.2. The van der Waals surface area contributed by atoms with E-state index in [9.17, 15) is 14.7 Å². The molecular formula is C20H20ClNO4. The third-order valence-electron chi connectivity index (χ3n) is 4.78. The van der Waals surface area contributed by atoms with Gasteiger partial charge in [-0.3, -0.25) is 9.59 Å². The summed E-state index contributed by atoms with van der Waals surface area (Å²) in [6.07, 6.45) is 0.219. The molecule has 26 heavy (non-hydrogen) atoms. The number of likely N-dealkylation sites (tertiary alicyclic amines) is 1. The third kappa shape index (κ3) is 3.99. The van der Waals surface area contributed by atoms with Crippen molar-refractivity contribution in [3.05, 3.63) is 64.7 Å². The number of aliphatic carboxylic acids is 1. The zero-order valence-electron chi connectivity index (χ0n) is 14.4. The Labute approximate surface area is 157 Å². The van der Waals surface area contributed by atoms with Crippen molar-refractivity contribution in [2.45, 2.75) is 12.3 Å². The summed E-state index contributed by atoms with van der Waals surface area (Å²) in [6, 6.07) is 14.5. The number of ether oxygens (including phenoxy) is 1. The molecule has 0 saturated carbocycles. The zero-order valence-corrected chi connectivity index (χ0v) is 15.1. The van der Waals surface area contributed by atoms with Crippen LogP contribution >= 0.6 is 11.6 Å². The van der Waals surface area contributed by atoms with Gasteiger partial charge in [0.25, 0.3) is 0 Å². The number of nitrogens with zero attached hydrogens (tertiary/aromatic N) is 1. The van der Waals surface area contributed by atoms with Crippen molar-refractivity contribution in [2.75, 3.05) is 20.2 Å². The molecule has 1 heterocycles. The van der Waals surface area contributed by atoms with Crippen LogP contribution in [0.15, 0.2) is 48.5 Å². The molecule has 1 N–H and O–H groups in total. The predicted molar refractivity (Wildman–Crippen MR) is 98.6 cm³/mol. The highest BCUT2D eigenvalue weighted by molar-refractivity contribution is 6.30. The Hall–Kier alpha value is -2.53. The molecule has 0 unspecified atom stereocenters. The van der Waals surface area contributed by atoms with Crippen LogP contribution in [0.2, 0.25) is 5.02 Å². The van der Waals surface area contributed by atoms with Gasteiger partial charge >= 0.3 is 5.97 Å². The molecule has 1 aliphatic rings. The van der Waals surface area contributed by atoms with Crippen molar-refractivity contribution in [3.8, 4) is 5.75 Å². The van der Waals surface area contributed by atoms with E-state index in [0.717, 1.165) is 11.1 Å². The van der Waals surface area contributed by atoms with Crippen molar-refractivity contribution < 1.29 is 19.4 Å². The van der Waals surface area contributed by atoms with Gasteiger partial charge in [-0.25, -0.2) is 0 Å². The summed E-state index contributed by atoms with van der Waals surface area (Å²) >= 11 is 5.92. The van der Waals surface area contributed by atoms with Gasteiger partial charge in [-0.2, -0.15) is 0 Å². The number of benzene rings is 2. The van der Waals surface area contributed by atoms with Crippen molar-refractivity contribution in [2.24, 2.45) is 5.92 Å². The standard InChI is InChI=1S/C20H20ClNO4/c1-26-16-4-2-3-13(9-16)10-19(23)22-11-17(18(12-22)20(24)25)14-5-7-15(21)8-6-14/h2-9,17-18H,10-12H2,1H3,(H,24,25)/t17-,18+/m0/s1. The molecule has 2 atom stereocenters. The number of carboxylic acids is 1. The first-order valence-electron chi connectivity index (χ1n) is 8.37. The van der Waals surface area contributed by atoms with Gasteiger partial charge in [0.05, 0.1) is 19.4 Å². The normalized spacial score (nSPS) is 19.4. The lowest BCUT2D eigenvalue weighted by Gasteiger charge is -2.17. The minimum atomic E-state index is -0.887. The lowest BCUT2D eigenvalue weighted by Crippen LogP contribution is -2.31. The quantitative estimate of drug-likeness (QED) is 0.873. The van der Waals surface area contributed by atoms with E-state index in [1.54, 1.807) is 24.1 Å². The number of hydrogen-bond acceptors (Lipinski definition) is 3. The van der Waals surface area contributed by atoms with E-state index in [-0.39, 0.29) is 24.8 Å². The van der Waals surface area contributed by atoms with Gasteiger partial charge in [-0.05, 0) is 35.4 Å². The van der Waals surface area contributed by atoms with Crippen molar-refractivity contribution >= 4 is 23.5 Å². The number of amides is 1. The second kappa shape index (κ2) is 7.79. The summed E-state index contributed by atoms with van der Waals surface area (Å²) in [4.78, 5) is 26.0. The van der Waals surface area contributed by atoms with E-state index in [1.165, 1.54) is 0 Å². The van der Waals surface area contributed by atoms with Crippen LogP contribution < -0.4 is 4.74 Å². The van der Waals surface area contributed by atoms with Crippen molar-refractivity contribution in [1.29, 1.82) is 0 Å². The molecule has 6 heteroatoms. The zero-order chi connectivity index (χ0) is 18.7. The summed E-state index contributed by atoms with van der Waals surface area (Å²) in [5.41, 5.74) is 1.73. The van der Waals surface area contributed by atoms with Crippen LogP contribution in [0.4, 0.5) is 0 Å². The van der Waals surface area contributed by atoms with Crippen LogP contribution in [-0.2, 0) is 16.0 Å². The highest BCUT2D eigenvalue weighted by Crippen LogP contribution is 2.34. The molecular weight excluding hydrogens is 354 g/mol. The minimum absolute atomic E-state index is 0.0824. The van der Waals surface area contributed by atoms with Crippen LogP contribution in [0.1, 0.15) is 17.0 Å². The Morgan fingerprint density at radius 2 is 1.92 bits per heavy atom. The lowest BCUT2D eigenvalue weighted by molar-refractivity contribution is -0.141. The molecule has 0 spiro atoms. The number of methoxy groups -OCH3 is 1. The van der Waals surface area contributed by atoms with E-state index in [0.29, 0.717) is 17.3 Å². The molecule has 0 bridgehead atoms. The fourth-order valence-corrected chi connectivity index (χ4v) is 3.50. The first kappa shape index (κ1) is 18.3. The Bertz CT molecular complexity index is 806. The first-order chi connectivity index (χ1) is 12.5. The minimum Gasteiger partial charge on any atom is -0.497 e. The van der Waals surface area contributed by atoms with E-state index < -0.39 is 11.9 Å². The van der Waals surface area contributed by atoms with Crippen LogP contribution in [-0.4, -0.2) is 42.1 Å². The maximum absolute atomic E-state index is 12.7. The average Bonchev–Trinajstić information content (AvgIpc) is 3.08. The fourth-order valence-electron chi connectivity index (χ4n) is 3.37. The number of rotatable bonds is 5. The van der Waals surface area contributed by atoms with Gasteiger partial charge in [0.1, 0.15) is 5.75 Å². The first-order valence-corrected chi connectivity index (χ1v) is 8.74. The van der Waals surface area contributed by atoms with Gasteiger partial charge < -0.3 is 14.7 Å². The molecule has 1 aliphatic heterocycles. The van der Waals surface area contributed by atoms with E-state index >= 15 is 0 Å². The van der Waals surface area contributed by atoms with Gasteiger partial charge in [0, 0.05) is 24.0 Å². The van der Waals surface area contributed by atoms with Crippen LogP contribution in [0.3, 0.4) is 0 Å². The third-order valence-corrected chi connectivity index (χ3v) is 5.03. The second-order valence-corrected chi connectivity index (χ2v) is 6.87. The number of carbonyl (C=O) groups excluding carboxylic acids is 1. The van der Waals surface area contributed by atoms with Gasteiger partial charge in [-0.15, -0.1) is 0 Å². The molecule has 2 aromatic carbocycles. The van der Waals surface area contributed by atoms with E-state index in [2.05, 4.69) is 0 Å². The summed E-state index contributed by atoms with van der Waals surface area (Å²) in [6.45, 7) is 0.604. The maximum atomic E-state index is 12.7. The molecule has 1 fully saturated rings. The highest BCUT2D eigenvalue weighted by atomic mass is 35.5. The lowest BCUT2D eigenvalue weighted by atomic mass is 9.89. The molecule has 2 aromatic rings.